The third-order valence-electron chi connectivity index (χ3n) is 4.53. The van der Waals surface area contributed by atoms with Crippen LogP contribution in [0.25, 0.3) is 0 Å². The Morgan fingerprint density at radius 1 is 1.04 bits per heavy atom. The van der Waals surface area contributed by atoms with Crippen LogP contribution in [0, 0.1) is 0 Å². The van der Waals surface area contributed by atoms with Gasteiger partial charge >= 0.3 is 10.2 Å². The van der Waals surface area contributed by atoms with Crippen LogP contribution in [0.2, 0.25) is 0 Å². The second-order valence-electron chi connectivity index (χ2n) is 6.44. The van der Waals surface area contributed by atoms with E-state index in [1.54, 1.807) is 19.4 Å². The first-order valence-corrected chi connectivity index (χ1v) is 10.1. The molecule has 0 radical (unpaired) electrons. The molecule has 1 aliphatic heterocycles. The van der Waals surface area contributed by atoms with Crippen LogP contribution in [0.4, 0.5) is 17.2 Å². The van der Waals surface area contributed by atoms with Crippen LogP contribution in [-0.4, -0.2) is 65.1 Å². The smallest absolute Gasteiger partial charge is 0.302 e. The molecule has 0 aliphatic carbocycles. The lowest BCUT2D eigenvalue weighted by Gasteiger charge is -2.37. The van der Waals surface area contributed by atoms with Gasteiger partial charge < -0.3 is 14.5 Å². The molecule has 0 amide bonds. The summed E-state index contributed by atoms with van der Waals surface area (Å²) in [6, 6.07) is 11.6. The minimum Gasteiger partial charge on any atom is -0.495 e. The van der Waals surface area contributed by atoms with Gasteiger partial charge in [-0.25, -0.2) is 4.98 Å². The topological polar surface area (TPSA) is 78.0 Å². The zero-order chi connectivity index (χ0) is 19.4. The van der Waals surface area contributed by atoms with Crippen molar-refractivity contribution in [2.24, 2.45) is 0 Å². The molecule has 0 unspecified atom stereocenters. The van der Waals surface area contributed by atoms with Crippen LogP contribution >= 0.6 is 0 Å². The summed E-state index contributed by atoms with van der Waals surface area (Å²) in [5.41, 5.74) is 2.08. The van der Waals surface area contributed by atoms with Crippen molar-refractivity contribution in [3.63, 3.8) is 0 Å². The van der Waals surface area contributed by atoms with Crippen molar-refractivity contribution in [3.05, 3.63) is 42.6 Å². The lowest BCUT2D eigenvalue weighted by Crippen LogP contribution is -2.46. The van der Waals surface area contributed by atoms with Gasteiger partial charge in [0.1, 0.15) is 11.6 Å². The SMILES string of the molecule is COc1ccccc1N1CCN(c2ccc(NS(=O)(=O)N(C)C)nc2)CC1. The highest BCUT2D eigenvalue weighted by Gasteiger charge is 2.20. The van der Waals surface area contributed by atoms with Gasteiger partial charge in [-0.05, 0) is 24.3 Å². The molecule has 0 bridgehead atoms. The van der Waals surface area contributed by atoms with Crippen molar-refractivity contribution < 1.29 is 13.2 Å². The van der Waals surface area contributed by atoms with Gasteiger partial charge in [0.15, 0.2) is 0 Å². The lowest BCUT2D eigenvalue weighted by atomic mass is 10.2. The molecule has 9 heteroatoms. The molecule has 1 fully saturated rings. The Morgan fingerprint density at radius 3 is 2.30 bits per heavy atom. The van der Waals surface area contributed by atoms with E-state index in [9.17, 15) is 8.42 Å². The number of ether oxygens (including phenoxy) is 1. The van der Waals surface area contributed by atoms with Crippen molar-refractivity contribution in [1.29, 1.82) is 0 Å². The van der Waals surface area contributed by atoms with Crippen LogP contribution in [0.1, 0.15) is 0 Å². The van der Waals surface area contributed by atoms with Crippen molar-refractivity contribution in [3.8, 4) is 5.75 Å². The average molecular weight is 391 g/mol. The monoisotopic (exact) mass is 391 g/mol. The van der Waals surface area contributed by atoms with Crippen LogP contribution in [0.3, 0.4) is 0 Å². The molecule has 1 saturated heterocycles. The summed E-state index contributed by atoms with van der Waals surface area (Å²) < 4.78 is 32.7. The van der Waals surface area contributed by atoms with E-state index >= 15 is 0 Å². The molecule has 2 heterocycles. The summed E-state index contributed by atoms with van der Waals surface area (Å²) >= 11 is 0. The molecule has 1 aliphatic rings. The number of rotatable bonds is 6. The fourth-order valence-electron chi connectivity index (χ4n) is 2.95. The number of nitrogens with one attached hydrogen (secondary N) is 1. The maximum absolute atomic E-state index is 11.9. The van der Waals surface area contributed by atoms with E-state index in [-0.39, 0.29) is 0 Å². The molecular formula is C18H25N5O3S. The maximum Gasteiger partial charge on any atom is 0.302 e. The fourth-order valence-corrected chi connectivity index (χ4v) is 3.52. The number of piperazine rings is 1. The molecule has 1 aromatic carbocycles. The number of para-hydroxylation sites is 2. The van der Waals surface area contributed by atoms with E-state index in [0.717, 1.165) is 47.6 Å². The normalized spacial score (nSPS) is 15.1. The van der Waals surface area contributed by atoms with E-state index in [0.29, 0.717) is 5.82 Å². The largest absolute Gasteiger partial charge is 0.495 e. The van der Waals surface area contributed by atoms with E-state index in [1.165, 1.54) is 14.1 Å². The van der Waals surface area contributed by atoms with Gasteiger partial charge in [0.25, 0.3) is 0 Å². The molecule has 0 spiro atoms. The molecule has 27 heavy (non-hydrogen) atoms. The van der Waals surface area contributed by atoms with Gasteiger partial charge in [0.2, 0.25) is 0 Å². The van der Waals surface area contributed by atoms with E-state index in [1.807, 2.05) is 24.3 Å². The highest BCUT2D eigenvalue weighted by molar-refractivity contribution is 7.90. The third-order valence-corrected chi connectivity index (χ3v) is 5.96. The van der Waals surface area contributed by atoms with Crippen molar-refractivity contribution in [1.82, 2.24) is 9.29 Å². The quantitative estimate of drug-likeness (QED) is 0.807. The Hall–Kier alpha value is -2.52. The minimum atomic E-state index is -3.54. The third kappa shape index (κ3) is 4.42. The number of hydrogen-bond acceptors (Lipinski definition) is 6. The molecule has 1 aromatic heterocycles. The molecule has 146 valence electrons. The molecular weight excluding hydrogens is 366 g/mol. The van der Waals surface area contributed by atoms with Gasteiger partial charge in [-0.2, -0.15) is 12.7 Å². The number of nitrogens with zero attached hydrogens (tertiary/aromatic N) is 4. The van der Waals surface area contributed by atoms with E-state index in [4.69, 9.17) is 4.74 Å². The first kappa shape index (κ1) is 19.2. The zero-order valence-corrected chi connectivity index (χ0v) is 16.6. The number of benzene rings is 1. The Balaban J connectivity index is 1.63. The summed E-state index contributed by atoms with van der Waals surface area (Å²) in [6.45, 7) is 3.44. The molecule has 0 atom stereocenters. The van der Waals surface area contributed by atoms with Crippen LogP contribution in [-0.2, 0) is 10.2 Å². The van der Waals surface area contributed by atoms with Gasteiger partial charge in [-0.15, -0.1) is 0 Å². The maximum atomic E-state index is 11.9. The lowest BCUT2D eigenvalue weighted by molar-refractivity contribution is 0.413. The molecule has 1 N–H and O–H groups in total. The number of methoxy groups -OCH3 is 1. The van der Waals surface area contributed by atoms with Gasteiger partial charge in [0.05, 0.1) is 24.7 Å². The number of hydrogen-bond donors (Lipinski definition) is 1. The molecule has 8 nitrogen and oxygen atoms in total. The average Bonchev–Trinajstić information content (AvgIpc) is 2.68. The fraction of sp³-hybridized carbons (Fsp3) is 0.389. The Labute approximate surface area is 160 Å². The first-order valence-electron chi connectivity index (χ1n) is 8.70. The molecule has 3 rings (SSSR count). The standard InChI is InChI=1S/C18H25N5O3S/c1-21(2)27(24,25)20-18-9-8-15(14-19-18)22-10-12-23(13-11-22)16-6-4-5-7-17(16)26-3/h4-9,14H,10-13H2,1-3H3,(H,19,20). The molecule has 2 aromatic rings. The molecule has 0 saturated carbocycles. The number of anilines is 3. The highest BCUT2D eigenvalue weighted by atomic mass is 32.2. The van der Waals surface area contributed by atoms with Crippen molar-refractivity contribution in [2.75, 3.05) is 61.9 Å². The predicted octanol–water partition coefficient (Wildman–Crippen LogP) is 1.64. The Kier molecular flexibility index (Phi) is 5.71. The number of pyridine rings is 1. The summed E-state index contributed by atoms with van der Waals surface area (Å²) in [5.74, 6) is 1.19. The van der Waals surface area contributed by atoms with Gasteiger partial charge in [-0.3, -0.25) is 4.72 Å². The van der Waals surface area contributed by atoms with E-state index < -0.39 is 10.2 Å². The Morgan fingerprint density at radius 2 is 1.70 bits per heavy atom. The van der Waals surface area contributed by atoms with Crippen molar-refractivity contribution in [2.45, 2.75) is 0 Å². The van der Waals surface area contributed by atoms with Crippen LogP contribution < -0.4 is 19.3 Å². The predicted molar refractivity (Wildman–Crippen MR) is 108 cm³/mol. The summed E-state index contributed by atoms with van der Waals surface area (Å²) in [6.07, 6.45) is 1.70. The van der Waals surface area contributed by atoms with Crippen LogP contribution in [0.5, 0.6) is 5.75 Å². The van der Waals surface area contributed by atoms with Crippen molar-refractivity contribution >= 4 is 27.4 Å². The number of aromatic nitrogens is 1. The van der Waals surface area contributed by atoms with Crippen LogP contribution in [0.15, 0.2) is 42.6 Å². The second-order valence-corrected chi connectivity index (χ2v) is 8.32. The zero-order valence-electron chi connectivity index (χ0n) is 15.8. The minimum absolute atomic E-state index is 0.306. The summed E-state index contributed by atoms with van der Waals surface area (Å²) in [4.78, 5) is 8.78. The summed E-state index contributed by atoms with van der Waals surface area (Å²) in [7, 11) is 1.08. The first-order chi connectivity index (χ1) is 12.9. The van der Waals surface area contributed by atoms with Gasteiger partial charge in [0, 0.05) is 40.3 Å². The second kappa shape index (κ2) is 8.01. The van der Waals surface area contributed by atoms with E-state index in [2.05, 4.69) is 25.6 Å². The highest BCUT2D eigenvalue weighted by Crippen LogP contribution is 2.29. The Bertz CT molecular complexity index is 863. The summed E-state index contributed by atoms with van der Waals surface area (Å²) in [5, 5.41) is 0. The van der Waals surface area contributed by atoms with Gasteiger partial charge in [-0.1, -0.05) is 12.1 Å².